The summed E-state index contributed by atoms with van der Waals surface area (Å²) in [7, 11) is 0. The Hall–Kier alpha value is -3.55. The van der Waals surface area contributed by atoms with Crippen LogP contribution in [0.25, 0.3) is 0 Å². The van der Waals surface area contributed by atoms with Gasteiger partial charge in [0.15, 0.2) is 0 Å². The second kappa shape index (κ2) is 9.07. The van der Waals surface area contributed by atoms with E-state index in [-0.39, 0.29) is 18.0 Å². The number of imide groups is 1. The van der Waals surface area contributed by atoms with Gasteiger partial charge in [-0.25, -0.2) is 9.29 Å². The van der Waals surface area contributed by atoms with Crippen molar-refractivity contribution in [2.45, 2.75) is 45.7 Å². The molecule has 2 unspecified atom stereocenters. The maximum Gasteiger partial charge on any atom is 0.308 e. The Morgan fingerprint density at radius 1 is 1.13 bits per heavy atom. The molecule has 0 spiro atoms. The molecular weight excluding hydrogens is 403 g/mol. The van der Waals surface area contributed by atoms with Crippen molar-refractivity contribution in [2.75, 3.05) is 4.90 Å². The number of rotatable bonds is 6. The number of anilines is 1. The number of benzene rings is 2. The molecule has 1 aliphatic rings. The Morgan fingerprint density at radius 3 is 2.29 bits per heavy atom. The normalized spacial score (nSPS) is 16.9. The van der Waals surface area contributed by atoms with Gasteiger partial charge in [0.1, 0.15) is 17.6 Å². The lowest BCUT2D eigenvalue weighted by molar-refractivity contribution is -0.132. The molecule has 2 aromatic rings. The van der Waals surface area contributed by atoms with Gasteiger partial charge >= 0.3 is 5.97 Å². The first-order valence-electron chi connectivity index (χ1n) is 9.96. The summed E-state index contributed by atoms with van der Waals surface area (Å²) < 4.78 is 18.2. The van der Waals surface area contributed by atoms with Crippen LogP contribution in [0.5, 0.6) is 5.75 Å². The average Bonchev–Trinajstić information content (AvgIpc) is 3.02. The minimum atomic E-state index is -0.965. The summed E-state index contributed by atoms with van der Waals surface area (Å²) in [6, 6.07) is 9.79. The molecule has 7 nitrogen and oxygen atoms in total. The van der Waals surface area contributed by atoms with Crippen LogP contribution in [0.2, 0.25) is 0 Å². The van der Waals surface area contributed by atoms with Gasteiger partial charge in [-0.2, -0.15) is 0 Å². The van der Waals surface area contributed by atoms with E-state index in [2.05, 4.69) is 0 Å². The van der Waals surface area contributed by atoms with Crippen LogP contribution in [0.1, 0.15) is 44.0 Å². The fourth-order valence-electron chi connectivity index (χ4n) is 3.52. The largest absolute Gasteiger partial charge is 0.427 e. The molecule has 0 radical (unpaired) electrons. The molecule has 0 saturated carbocycles. The molecule has 1 heterocycles. The van der Waals surface area contributed by atoms with E-state index in [0.29, 0.717) is 17.9 Å². The highest BCUT2D eigenvalue weighted by Gasteiger charge is 2.45. The molecule has 3 rings (SSSR count). The van der Waals surface area contributed by atoms with Crippen LogP contribution in [0.15, 0.2) is 48.5 Å². The standard InChI is InChI=1S/C23H23FN2O5/c1-4-14(2)25(22(29)16-5-7-17(24)8-6-16)20-13-21(28)26(23(20)30)18-9-11-19(12-10-18)31-15(3)27/h5-12,14,20H,4,13H2,1-3H3. The summed E-state index contributed by atoms with van der Waals surface area (Å²) in [5.41, 5.74) is 0.567. The summed E-state index contributed by atoms with van der Waals surface area (Å²) in [6.07, 6.45) is 0.420. The van der Waals surface area contributed by atoms with Crippen molar-refractivity contribution < 1.29 is 28.3 Å². The van der Waals surface area contributed by atoms with Crippen molar-refractivity contribution in [3.8, 4) is 5.75 Å². The third kappa shape index (κ3) is 4.63. The highest BCUT2D eigenvalue weighted by Crippen LogP contribution is 2.29. The van der Waals surface area contributed by atoms with Gasteiger partial charge in [0.25, 0.3) is 11.8 Å². The molecule has 31 heavy (non-hydrogen) atoms. The van der Waals surface area contributed by atoms with Crippen molar-refractivity contribution >= 4 is 29.4 Å². The number of hydrogen-bond donors (Lipinski definition) is 0. The molecule has 0 bridgehead atoms. The summed E-state index contributed by atoms with van der Waals surface area (Å²) in [6.45, 7) is 4.95. The quantitative estimate of drug-likeness (QED) is 0.402. The maximum absolute atomic E-state index is 13.3. The number of amides is 3. The van der Waals surface area contributed by atoms with E-state index in [4.69, 9.17) is 4.74 Å². The fraction of sp³-hybridized carbons (Fsp3) is 0.304. The topological polar surface area (TPSA) is 84.0 Å². The molecule has 3 amide bonds. The van der Waals surface area contributed by atoms with E-state index in [1.807, 2.05) is 6.92 Å². The number of halogens is 1. The summed E-state index contributed by atoms with van der Waals surface area (Å²) >= 11 is 0. The van der Waals surface area contributed by atoms with E-state index in [1.54, 1.807) is 6.92 Å². The minimum Gasteiger partial charge on any atom is -0.427 e. The van der Waals surface area contributed by atoms with Crippen LogP contribution in [0.4, 0.5) is 10.1 Å². The number of esters is 1. The zero-order valence-electron chi connectivity index (χ0n) is 17.5. The van der Waals surface area contributed by atoms with E-state index in [1.165, 1.54) is 60.4 Å². The lowest BCUT2D eigenvalue weighted by Crippen LogP contribution is -2.49. The van der Waals surface area contributed by atoms with Crippen molar-refractivity contribution in [3.05, 3.63) is 59.9 Å². The number of hydrogen-bond acceptors (Lipinski definition) is 5. The fourth-order valence-corrected chi connectivity index (χ4v) is 3.52. The van der Waals surface area contributed by atoms with E-state index >= 15 is 0 Å². The lowest BCUT2D eigenvalue weighted by atomic mass is 10.1. The molecule has 8 heteroatoms. The van der Waals surface area contributed by atoms with Gasteiger partial charge in [-0.15, -0.1) is 0 Å². The van der Waals surface area contributed by atoms with Crippen molar-refractivity contribution in [1.82, 2.24) is 4.90 Å². The second-order valence-electron chi connectivity index (χ2n) is 7.35. The predicted octanol–water partition coefficient (Wildman–Crippen LogP) is 3.32. The Kier molecular flexibility index (Phi) is 6.48. The third-order valence-corrected chi connectivity index (χ3v) is 5.21. The Morgan fingerprint density at radius 2 is 1.74 bits per heavy atom. The van der Waals surface area contributed by atoms with Crippen LogP contribution >= 0.6 is 0 Å². The summed E-state index contributed by atoms with van der Waals surface area (Å²) in [5.74, 6) is -2.05. The monoisotopic (exact) mass is 426 g/mol. The van der Waals surface area contributed by atoms with Crippen molar-refractivity contribution in [2.24, 2.45) is 0 Å². The van der Waals surface area contributed by atoms with Gasteiger partial charge < -0.3 is 9.64 Å². The first kappa shape index (κ1) is 22.1. The first-order chi connectivity index (χ1) is 14.7. The zero-order chi connectivity index (χ0) is 22.7. The van der Waals surface area contributed by atoms with E-state index in [0.717, 1.165) is 4.90 Å². The van der Waals surface area contributed by atoms with Gasteiger partial charge in [-0.05, 0) is 61.9 Å². The molecule has 0 aliphatic carbocycles. The number of carbonyl (C=O) groups excluding carboxylic acids is 4. The van der Waals surface area contributed by atoms with E-state index in [9.17, 15) is 23.6 Å². The van der Waals surface area contributed by atoms with Crippen LogP contribution < -0.4 is 9.64 Å². The van der Waals surface area contributed by atoms with E-state index < -0.39 is 35.5 Å². The van der Waals surface area contributed by atoms with Gasteiger partial charge in [-0.3, -0.25) is 19.2 Å². The molecule has 0 N–H and O–H groups in total. The van der Waals surface area contributed by atoms with Crippen LogP contribution in [-0.4, -0.2) is 40.7 Å². The molecule has 162 valence electrons. The summed E-state index contributed by atoms with van der Waals surface area (Å²) in [4.78, 5) is 52.6. The van der Waals surface area contributed by atoms with Gasteiger partial charge in [-0.1, -0.05) is 6.92 Å². The van der Waals surface area contributed by atoms with Crippen molar-refractivity contribution in [1.29, 1.82) is 0 Å². The van der Waals surface area contributed by atoms with Gasteiger partial charge in [0.05, 0.1) is 12.1 Å². The maximum atomic E-state index is 13.3. The predicted molar refractivity (Wildman–Crippen MR) is 111 cm³/mol. The number of carbonyl (C=O) groups is 4. The van der Waals surface area contributed by atoms with Gasteiger partial charge in [0.2, 0.25) is 5.91 Å². The SMILES string of the molecule is CCC(C)N(C(=O)c1ccc(F)cc1)C1CC(=O)N(c2ccc(OC(C)=O)cc2)C1=O. The summed E-state index contributed by atoms with van der Waals surface area (Å²) in [5, 5.41) is 0. The van der Waals surface area contributed by atoms with Gasteiger partial charge in [0, 0.05) is 18.5 Å². The zero-order valence-corrected chi connectivity index (χ0v) is 17.5. The first-order valence-corrected chi connectivity index (χ1v) is 9.96. The molecule has 0 aromatic heterocycles. The molecule has 2 atom stereocenters. The lowest BCUT2D eigenvalue weighted by Gasteiger charge is -2.33. The highest BCUT2D eigenvalue weighted by molar-refractivity contribution is 6.23. The second-order valence-corrected chi connectivity index (χ2v) is 7.35. The average molecular weight is 426 g/mol. The molecular formula is C23H23FN2O5. The molecule has 1 aliphatic heterocycles. The molecule has 1 fully saturated rings. The Bertz CT molecular complexity index is 1000. The van der Waals surface area contributed by atoms with Crippen LogP contribution in [0, 0.1) is 5.82 Å². The minimum absolute atomic E-state index is 0.151. The third-order valence-electron chi connectivity index (χ3n) is 5.21. The number of nitrogens with zero attached hydrogens (tertiary/aromatic N) is 2. The Labute approximate surface area is 179 Å². The Balaban J connectivity index is 1.89. The van der Waals surface area contributed by atoms with Crippen molar-refractivity contribution in [3.63, 3.8) is 0 Å². The van der Waals surface area contributed by atoms with Crippen LogP contribution in [0.3, 0.4) is 0 Å². The smallest absolute Gasteiger partial charge is 0.308 e. The molecule has 1 saturated heterocycles. The number of ether oxygens (including phenoxy) is 1. The molecule has 2 aromatic carbocycles. The highest BCUT2D eigenvalue weighted by atomic mass is 19.1. The van der Waals surface area contributed by atoms with Crippen LogP contribution in [-0.2, 0) is 14.4 Å².